The van der Waals surface area contributed by atoms with Gasteiger partial charge in [0.15, 0.2) is 0 Å². The molecule has 1 aromatic rings. The topological polar surface area (TPSA) is 32.7 Å². The monoisotopic (exact) mass is 335 g/mol. The van der Waals surface area contributed by atoms with E-state index in [-0.39, 0.29) is 12.2 Å². The van der Waals surface area contributed by atoms with Crippen LogP contribution in [0.15, 0.2) is 24.3 Å². The summed E-state index contributed by atoms with van der Waals surface area (Å²) < 4.78 is 6.05. The fraction of sp³-hybridized carbons (Fsp3) is 0.684. The van der Waals surface area contributed by atoms with Crippen molar-refractivity contribution in [2.24, 2.45) is 17.8 Å². The molecule has 0 unspecified atom stereocenters. The number of hydrogen-bond acceptors (Lipinski definition) is 3. The first-order valence-corrected chi connectivity index (χ1v) is 9.38. The van der Waals surface area contributed by atoms with E-state index in [1.165, 1.54) is 38.9 Å². The Balaban J connectivity index is 1.36. The van der Waals surface area contributed by atoms with Crippen LogP contribution < -0.4 is 4.74 Å². The number of likely N-dealkylation sites (tertiary alicyclic amines) is 1. The van der Waals surface area contributed by atoms with Crippen molar-refractivity contribution >= 4 is 11.6 Å². The molecule has 4 heteroatoms. The van der Waals surface area contributed by atoms with E-state index in [4.69, 9.17) is 16.3 Å². The van der Waals surface area contributed by atoms with Gasteiger partial charge in [0, 0.05) is 24.7 Å². The molecule has 2 saturated carbocycles. The van der Waals surface area contributed by atoms with E-state index >= 15 is 0 Å². The van der Waals surface area contributed by atoms with Crippen LogP contribution in [0.3, 0.4) is 0 Å². The van der Waals surface area contributed by atoms with Gasteiger partial charge in [-0.15, -0.1) is 0 Å². The number of fused-ring (bicyclic) bond motifs is 1. The molecular formula is C19H26ClNO2. The quantitative estimate of drug-likeness (QED) is 0.912. The number of benzene rings is 1. The van der Waals surface area contributed by atoms with Crippen LogP contribution in [0.1, 0.15) is 32.1 Å². The van der Waals surface area contributed by atoms with Gasteiger partial charge in [-0.2, -0.15) is 0 Å². The van der Waals surface area contributed by atoms with Gasteiger partial charge in [0.25, 0.3) is 0 Å². The molecule has 0 spiro atoms. The maximum atomic E-state index is 10.5. The van der Waals surface area contributed by atoms with Crippen LogP contribution in [0.2, 0.25) is 5.02 Å². The van der Waals surface area contributed by atoms with E-state index in [2.05, 4.69) is 4.90 Å². The van der Waals surface area contributed by atoms with E-state index in [0.717, 1.165) is 24.5 Å². The molecule has 4 atom stereocenters. The van der Waals surface area contributed by atoms with E-state index < -0.39 is 0 Å². The summed E-state index contributed by atoms with van der Waals surface area (Å²) in [5.41, 5.74) is 0. The molecule has 126 valence electrons. The summed E-state index contributed by atoms with van der Waals surface area (Å²) in [4.78, 5) is 2.63. The molecule has 3 fully saturated rings. The van der Waals surface area contributed by atoms with Gasteiger partial charge in [0.1, 0.15) is 11.9 Å². The van der Waals surface area contributed by atoms with Gasteiger partial charge in [-0.25, -0.2) is 0 Å². The first kappa shape index (κ1) is 15.7. The fourth-order valence-corrected chi connectivity index (χ4v) is 4.70. The number of aliphatic hydroxyl groups excluding tert-OH is 1. The normalized spacial score (nSPS) is 34.9. The molecule has 0 radical (unpaired) electrons. The molecule has 1 N–H and O–H groups in total. The summed E-state index contributed by atoms with van der Waals surface area (Å²) in [6, 6.07) is 7.49. The van der Waals surface area contributed by atoms with Gasteiger partial charge >= 0.3 is 0 Å². The Morgan fingerprint density at radius 3 is 2.65 bits per heavy atom. The summed E-state index contributed by atoms with van der Waals surface area (Å²) in [5.74, 6) is 3.01. The molecule has 0 bridgehead atoms. The van der Waals surface area contributed by atoms with Crippen LogP contribution >= 0.6 is 11.6 Å². The third-order valence-corrected chi connectivity index (χ3v) is 6.22. The average Bonchev–Trinajstić information content (AvgIpc) is 2.85. The summed E-state index contributed by atoms with van der Waals surface area (Å²) in [7, 11) is 0. The third-order valence-electron chi connectivity index (χ3n) is 5.99. The fourth-order valence-electron chi connectivity index (χ4n) is 4.52. The predicted octanol–water partition coefficient (Wildman–Crippen LogP) is 3.59. The van der Waals surface area contributed by atoms with E-state index in [1.54, 1.807) is 0 Å². The lowest BCUT2D eigenvalue weighted by atomic mass is 9.78. The maximum Gasteiger partial charge on any atom is 0.125 e. The van der Waals surface area contributed by atoms with Crippen molar-refractivity contribution in [2.75, 3.05) is 19.6 Å². The van der Waals surface area contributed by atoms with Gasteiger partial charge in [-0.1, -0.05) is 24.1 Å². The zero-order chi connectivity index (χ0) is 15.8. The van der Waals surface area contributed by atoms with E-state index in [1.807, 2.05) is 24.3 Å². The summed E-state index contributed by atoms with van der Waals surface area (Å²) in [5, 5.41) is 11.2. The zero-order valence-corrected chi connectivity index (χ0v) is 14.3. The Bertz CT molecular complexity index is 548. The molecular weight excluding hydrogens is 310 g/mol. The minimum absolute atomic E-state index is 0.0987. The van der Waals surface area contributed by atoms with Gasteiger partial charge in [-0.3, -0.25) is 0 Å². The third kappa shape index (κ3) is 3.52. The van der Waals surface area contributed by atoms with Crippen LogP contribution in [0.4, 0.5) is 0 Å². The molecule has 1 saturated heterocycles. The van der Waals surface area contributed by atoms with Crippen LogP contribution in [0.5, 0.6) is 5.75 Å². The second-order valence-corrected chi connectivity index (χ2v) is 8.12. The second-order valence-electron chi connectivity index (χ2n) is 7.69. The molecule has 1 aromatic carbocycles. The predicted molar refractivity (Wildman–Crippen MR) is 91.9 cm³/mol. The minimum Gasteiger partial charge on any atom is -0.488 e. The van der Waals surface area contributed by atoms with E-state index in [9.17, 15) is 5.11 Å². The Labute approximate surface area is 143 Å². The first-order valence-electron chi connectivity index (χ1n) is 9.00. The van der Waals surface area contributed by atoms with Crippen molar-refractivity contribution in [3.8, 4) is 5.75 Å². The number of hydrogen-bond donors (Lipinski definition) is 1. The van der Waals surface area contributed by atoms with Crippen molar-refractivity contribution in [2.45, 2.75) is 44.3 Å². The summed E-state index contributed by atoms with van der Waals surface area (Å²) in [6.45, 7) is 3.62. The molecule has 1 aliphatic heterocycles. The standard InChI is InChI=1S/C19H26ClNO2/c20-16-5-2-6-17(9-16)23-19-8-15-12-21(10-13-3-1-4-13)11-14(15)7-18(19)22/h2,5-6,9,13-15,18-19,22H,1,3-4,7-8,10-12H2/t14-,15+,18+,19+/m0/s1. The highest BCUT2D eigenvalue weighted by Gasteiger charge is 2.43. The molecule has 4 rings (SSSR count). The lowest BCUT2D eigenvalue weighted by Gasteiger charge is -2.35. The van der Waals surface area contributed by atoms with Crippen molar-refractivity contribution in [1.29, 1.82) is 0 Å². The molecule has 0 amide bonds. The highest BCUT2D eigenvalue weighted by molar-refractivity contribution is 6.30. The average molecular weight is 336 g/mol. The number of rotatable bonds is 4. The number of ether oxygens (including phenoxy) is 1. The van der Waals surface area contributed by atoms with Crippen LogP contribution in [-0.4, -0.2) is 41.8 Å². The maximum absolute atomic E-state index is 10.5. The number of nitrogens with zero attached hydrogens (tertiary/aromatic N) is 1. The van der Waals surface area contributed by atoms with Crippen LogP contribution in [0.25, 0.3) is 0 Å². The number of aliphatic hydroxyl groups is 1. The molecule has 3 nitrogen and oxygen atoms in total. The number of halogens is 1. The Hall–Kier alpha value is -0.770. The first-order chi connectivity index (χ1) is 11.2. The highest BCUT2D eigenvalue weighted by Crippen LogP contribution is 2.39. The lowest BCUT2D eigenvalue weighted by Crippen LogP contribution is -2.42. The molecule has 3 aliphatic rings. The largest absolute Gasteiger partial charge is 0.488 e. The van der Waals surface area contributed by atoms with Crippen molar-refractivity contribution in [3.63, 3.8) is 0 Å². The van der Waals surface area contributed by atoms with Crippen molar-refractivity contribution in [3.05, 3.63) is 29.3 Å². The van der Waals surface area contributed by atoms with Gasteiger partial charge in [0.05, 0.1) is 6.10 Å². The summed E-state index contributed by atoms with van der Waals surface area (Å²) in [6.07, 6.45) is 5.61. The molecule has 2 aliphatic carbocycles. The Morgan fingerprint density at radius 2 is 1.96 bits per heavy atom. The Kier molecular flexibility index (Phi) is 4.53. The smallest absolute Gasteiger partial charge is 0.125 e. The minimum atomic E-state index is -0.362. The van der Waals surface area contributed by atoms with Gasteiger partial charge in [0.2, 0.25) is 0 Å². The van der Waals surface area contributed by atoms with Gasteiger partial charge < -0.3 is 14.7 Å². The molecule has 0 aromatic heterocycles. The highest BCUT2D eigenvalue weighted by atomic mass is 35.5. The second kappa shape index (κ2) is 6.62. The van der Waals surface area contributed by atoms with Gasteiger partial charge in [-0.05, 0) is 61.6 Å². The lowest BCUT2D eigenvalue weighted by molar-refractivity contribution is -0.0231. The summed E-state index contributed by atoms with van der Waals surface area (Å²) >= 11 is 6.03. The van der Waals surface area contributed by atoms with Crippen LogP contribution in [-0.2, 0) is 0 Å². The van der Waals surface area contributed by atoms with Crippen LogP contribution in [0, 0.1) is 17.8 Å². The molecule has 23 heavy (non-hydrogen) atoms. The van der Waals surface area contributed by atoms with Crippen molar-refractivity contribution in [1.82, 2.24) is 4.90 Å². The zero-order valence-electron chi connectivity index (χ0n) is 13.5. The Morgan fingerprint density at radius 1 is 1.17 bits per heavy atom. The SMILES string of the molecule is O[C@@H]1C[C@H]2CN(CC3CCC3)C[C@H]2C[C@H]1Oc1cccc(Cl)c1. The molecule has 1 heterocycles. The van der Waals surface area contributed by atoms with E-state index in [0.29, 0.717) is 16.9 Å². The van der Waals surface area contributed by atoms with Crippen molar-refractivity contribution < 1.29 is 9.84 Å².